The molecule has 0 unspecified atom stereocenters. The van der Waals surface area contributed by atoms with Gasteiger partial charge in [0, 0.05) is 10.6 Å². The van der Waals surface area contributed by atoms with Crippen molar-refractivity contribution in [1.29, 1.82) is 5.26 Å². The summed E-state index contributed by atoms with van der Waals surface area (Å²) < 4.78 is 11.0. The smallest absolute Gasteiger partial charge is 0.203 e. The van der Waals surface area contributed by atoms with Gasteiger partial charge >= 0.3 is 0 Å². The monoisotopic (exact) mass is 365 g/mol. The highest BCUT2D eigenvalue weighted by Crippen LogP contribution is 2.29. The lowest BCUT2D eigenvalue weighted by Gasteiger charge is -2.11. The summed E-state index contributed by atoms with van der Waals surface area (Å²) in [6.45, 7) is 2.40. The summed E-state index contributed by atoms with van der Waals surface area (Å²) in [6.07, 6.45) is 6.71. The Kier molecular flexibility index (Phi) is 6.85. The molecule has 0 spiro atoms. The zero-order valence-electron chi connectivity index (χ0n) is 14.2. The molecule has 0 aliphatic rings. The van der Waals surface area contributed by atoms with Crippen LogP contribution in [0.2, 0.25) is 5.02 Å². The van der Waals surface area contributed by atoms with Crippen LogP contribution in [0.3, 0.4) is 0 Å². The van der Waals surface area contributed by atoms with Gasteiger partial charge in [-0.3, -0.25) is 4.79 Å². The molecule has 0 aromatic heterocycles. The number of halogens is 1. The highest BCUT2D eigenvalue weighted by Gasteiger charge is 2.13. The molecule has 2 rings (SSSR count). The normalized spacial score (nSPS) is 10.5. The van der Waals surface area contributed by atoms with Crippen molar-refractivity contribution < 1.29 is 14.3 Å². The molecule has 0 amide bonds. The van der Waals surface area contributed by atoms with E-state index >= 15 is 0 Å². The molecule has 26 heavy (non-hydrogen) atoms. The summed E-state index contributed by atoms with van der Waals surface area (Å²) >= 11 is 5.83. The summed E-state index contributed by atoms with van der Waals surface area (Å²) in [4.78, 5) is 12.5. The van der Waals surface area contributed by atoms with Gasteiger partial charge in [-0.25, -0.2) is 0 Å². The van der Waals surface area contributed by atoms with E-state index in [1.165, 1.54) is 6.08 Å². The molecule has 2 aromatic carbocycles. The van der Waals surface area contributed by atoms with E-state index in [9.17, 15) is 10.1 Å². The number of carbonyl (C=O) groups excluding carboxylic acids is 1. The molecular weight excluding hydrogens is 350 g/mol. The fourth-order valence-corrected chi connectivity index (χ4v) is 2.32. The maximum Gasteiger partial charge on any atom is 0.203 e. The van der Waals surface area contributed by atoms with Gasteiger partial charge in [-0.05, 0) is 55.0 Å². The van der Waals surface area contributed by atoms with Crippen molar-refractivity contribution in [3.63, 3.8) is 0 Å². The number of rotatable bonds is 7. The zero-order chi connectivity index (χ0) is 18.9. The molecule has 0 atom stereocenters. The average Bonchev–Trinajstić information content (AvgIpc) is 2.65. The molecule has 0 bridgehead atoms. The van der Waals surface area contributed by atoms with Gasteiger partial charge in [0.2, 0.25) is 5.78 Å². The molecule has 0 saturated carbocycles. The molecule has 0 saturated heterocycles. The third-order valence-corrected chi connectivity index (χ3v) is 3.61. The third-order valence-electron chi connectivity index (χ3n) is 3.36. The summed E-state index contributed by atoms with van der Waals surface area (Å²) in [5.41, 5.74) is 1.04. The van der Waals surface area contributed by atoms with Crippen molar-refractivity contribution >= 4 is 23.5 Å². The van der Waals surface area contributed by atoms with Gasteiger partial charge in [0.15, 0.2) is 11.5 Å². The van der Waals surface area contributed by atoms with Crippen LogP contribution in [-0.4, -0.2) is 19.0 Å². The maximum atomic E-state index is 12.5. The zero-order valence-corrected chi connectivity index (χ0v) is 14.9. The maximum absolute atomic E-state index is 12.5. The Morgan fingerprint density at radius 1 is 1.19 bits per heavy atom. The lowest BCUT2D eigenvalue weighted by Crippen LogP contribution is -2.02. The molecule has 0 aliphatic carbocycles. The largest absolute Gasteiger partial charge is 0.490 e. The van der Waals surface area contributed by atoms with E-state index in [4.69, 9.17) is 27.5 Å². The lowest BCUT2D eigenvalue weighted by molar-refractivity contribution is 0.104. The van der Waals surface area contributed by atoms with E-state index in [1.807, 2.05) is 13.0 Å². The van der Waals surface area contributed by atoms with E-state index < -0.39 is 0 Å². The number of Topliss-reactive ketones (excluding diaryl/α,β-unsaturated/α-hetero) is 1. The SMILES string of the molecule is C#CCOc1ccc(/C=C(\C#N)C(=O)c2ccc(Cl)cc2)cc1OCC. The minimum absolute atomic E-state index is 0.00654. The van der Waals surface area contributed by atoms with E-state index in [2.05, 4.69) is 5.92 Å². The van der Waals surface area contributed by atoms with Crippen LogP contribution >= 0.6 is 11.6 Å². The van der Waals surface area contributed by atoms with Crippen LogP contribution in [0.25, 0.3) is 6.08 Å². The fraction of sp³-hybridized carbons (Fsp3) is 0.143. The molecule has 130 valence electrons. The number of terminal acetylenes is 1. The molecule has 0 heterocycles. The summed E-state index contributed by atoms with van der Waals surface area (Å²) in [5.74, 6) is 3.01. The standard InChI is InChI=1S/C21H16ClNO3/c1-3-11-26-19-10-5-15(13-20(19)25-4-2)12-17(14-23)21(24)16-6-8-18(22)9-7-16/h1,5-10,12-13H,4,11H2,2H3/b17-12+. The second-order valence-corrected chi connectivity index (χ2v) is 5.57. The van der Waals surface area contributed by atoms with Crippen LogP contribution in [0, 0.1) is 23.7 Å². The van der Waals surface area contributed by atoms with Crippen molar-refractivity contribution in [1.82, 2.24) is 0 Å². The second kappa shape index (κ2) is 9.32. The number of benzene rings is 2. The van der Waals surface area contributed by atoms with Gasteiger partial charge < -0.3 is 9.47 Å². The van der Waals surface area contributed by atoms with Crippen LogP contribution in [0.4, 0.5) is 0 Å². The van der Waals surface area contributed by atoms with E-state index in [0.717, 1.165) is 0 Å². The molecule has 5 heteroatoms. The highest BCUT2D eigenvalue weighted by atomic mass is 35.5. The first-order chi connectivity index (χ1) is 12.6. The highest BCUT2D eigenvalue weighted by molar-refractivity contribution is 6.30. The first-order valence-electron chi connectivity index (χ1n) is 7.84. The van der Waals surface area contributed by atoms with Crippen molar-refractivity contribution in [3.05, 3.63) is 64.2 Å². The number of ether oxygens (including phenoxy) is 2. The van der Waals surface area contributed by atoms with Crippen LogP contribution in [0.15, 0.2) is 48.0 Å². The summed E-state index contributed by atoms with van der Waals surface area (Å²) in [7, 11) is 0. The van der Waals surface area contributed by atoms with Gasteiger partial charge in [-0.1, -0.05) is 23.6 Å². The predicted octanol–water partition coefficient (Wildman–Crippen LogP) is 4.54. The Balaban J connectivity index is 2.34. The van der Waals surface area contributed by atoms with E-state index in [-0.39, 0.29) is 18.0 Å². The second-order valence-electron chi connectivity index (χ2n) is 5.14. The average molecular weight is 366 g/mol. The quantitative estimate of drug-likeness (QED) is 0.313. The Morgan fingerprint density at radius 2 is 1.92 bits per heavy atom. The Labute approximate surface area is 157 Å². The molecule has 0 aliphatic heterocycles. The number of ketones is 1. The molecule has 4 nitrogen and oxygen atoms in total. The van der Waals surface area contributed by atoms with Crippen LogP contribution in [0.5, 0.6) is 11.5 Å². The Bertz CT molecular complexity index is 902. The van der Waals surface area contributed by atoms with Gasteiger partial charge in [0.25, 0.3) is 0 Å². The third kappa shape index (κ3) is 4.89. The lowest BCUT2D eigenvalue weighted by atomic mass is 10.0. The topological polar surface area (TPSA) is 59.3 Å². The molecule has 0 N–H and O–H groups in total. The van der Waals surface area contributed by atoms with Gasteiger partial charge in [-0.15, -0.1) is 6.42 Å². The van der Waals surface area contributed by atoms with Crippen LogP contribution in [-0.2, 0) is 0 Å². The Hall–Kier alpha value is -3.21. The van der Waals surface area contributed by atoms with Crippen molar-refractivity contribution in [2.75, 3.05) is 13.2 Å². The van der Waals surface area contributed by atoms with E-state index in [1.54, 1.807) is 42.5 Å². The molecular formula is C21H16ClNO3. The van der Waals surface area contributed by atoms with Gasteiger partial charge in [0.1, 0.15) is 18.2 Å². The molecule has 0 radical (unpaired) electrons. The van der Waals surface area contributed by atoms with Crippen molar-refractivity contribution in [2.24, 2.45) is 0 Å². The summed E-state index contributed by atoms with van der Waals surface area (Å²) in [5, 5.41) is 9.90. The Morgan fingerprint density at radius 3 is 2.54 bits per heavy atom. The van der Waals surface area contributed by atoms with Crippen LogP contribution < -0.4 is 9.47 Å². The molecule has 0 fully saturated rings. The number of hydrogen-bond donors (Lipinski definition) is 0. The van der Waals surface area contributed by atoms with E-state index in [0.29, 0.717) is 34.3 Å². The van der Waals surface area contributed by atoms with Gasteiger partial charge in [0.05, 0.1) is 6.61 Å². The van der Waals surface area contributed by atoms with Crippen molar-refractivity contribution in [2.45, 2.75) is 6.92 Å². The van der Waals surface area contributed by atoms with Crippen molar-refractivity contribution in [3.8, 4) is 29.9 Å². The first-order valence-corrected chi connectivity index (χ1v) is 8.22. The van der Waals surface area contributed by atoms with Crippen LogP contribution in [0.1, 0.15) is 22.8 Å². The predicted molar refractivity (Wildman–Crippen MR) is 101 cm³/mol. The first kappa shape index (κ1) is 19.1. The molecule has 2 aromatic rings. The number of nitriles is 1. The summed E-state index contributed by atoms with van der Waals surface area (Å²) in [6, 6.07) is 13.4. The number of hydrogen-bond acceptors (Lipinski definition) is 4. The number of allylic oxidation sites excluding steroid dienone is 1. The minimum Gasteiger partial charge on any atom is -0.490 e. The fourth-order valence-electron chi connectivity index (χ4n) is 2.19. The van der Waals surface area contributed by atoms with Gasteiger partial charge in [-0.2, -0.15) is 5.26 Å². The minimum atomic E-state index is -0.380. The number of carbonyl (C=O) groups is 1. The number of nitrogens with zero attached hydrogens (tertiary/aromatic N) is 1.